The summed E-state index contributed by atoms with van der Waals surface area (Å²) in [6.07, 6.45) is -8.58. The molecule has 0 saturated heterocycles. The summed E-state index contributed by atoms with van der Waals surface area (Å²) in [5.74, 6) is -5.95. The van der Waals surface area contributed by atoms with E-state index >= 15 is 0 Å². The number of nitrogens with zero attached hydrogens (tertiary/aromatic N) is 1. The van der Waals surface area contributed by atoms with Gasteiger partial charge in [0, 0.05) is 33.5 Å². The third-order valence-electron chi connectivity index (χ3n) is 5.52. The van der Waals surface area contributed by atoms with Crippen molar-refractivity contribution in [1.29, 1.82) is 5.41 Å². The van der Waals surface area contributed by atoms with Crippen molar-refractivity contribution in [1.82, 2.24) is 4.98 Å². The Morgan fingerprint density at radius 2 is 1.42 bits per heavy atom. The van der Waals surface area contributed by atoms with Gasteiger partial charge in [0.1, 0.15) is 10.0 Å². The molecule has 1 amide bonds. The lowest BCUT2D eigenvalue weighted by molar-refractivity contribution is -0.193. The lowest BCUT2D eigenvalue weighted by Gasteiger charge is -2.11. The van der Waals surface area contributed by atoms with Gasteiger partial charge in [-0.2, -0.15) is 26.3 Å². The molecule has 0 aliphatic heterocycles. The maximum atomic E-state index is 13.1. The first-order chi connectivity index (χ1) is 22.0. The van der Waals surface area contributed by atoms with Gasteiger partial charge in [-0.05, 0) is 48.9 Å². The number of alkyl halides is 6. The molecule has 20 heteroatoms. The fourth-order valence-electron chi connectivity index (χ4n) is 3.49. The molecule has 2 aromatic heterocycles. The van der Waals surface area contributed by atoms with Crippen LogP contribution < -0.4 is 16.2 Å². The normalized spacial score (nSPS) is 11.2. The number of primary sulfonamides is 1. The Morgan fingerprint density at radius 1 is 0.875 bits per heavy atom. The van der Waals surface area contributed by atoms with Gasteiger partial charge < -0.3 is 21.3 Å². The second-order valence-electron chi connectivity index (χ2n) is 9.13. The van der Waals surface area contributed by atoms with E-state index in [0.29, 0.717) is 39.2 Å². The molecular weight excluding hydrogens is 696 g/mol. The summed E-state index contributed by atoms with van der Waals surface area (Å²) >= 11 is 1.12. The number of nitrogen functional groups attached to an aromatic ring is 1. The first-order valence-electron chi connectivity index (χ1n) is 12.6. The van der Waals surface area contributed by atoms with Crippen molar-refractivity contribution < 1.29 is 59.4 Å². The van der Waals surface area contributed by atoms with Gasteiger partial charge >= 0.3 is 24.3 Å². The molecule has 0 radical (unpaired) electrons. The van der Waals surface area contributed by atoms with Gasteiger partial charge in [-0.15, -0.1) is 11.3 Å². The highest BCUT2D eigenvalue weighted by Gasteiger charge is 2.38. The topological polar surface area (TPSA) is 227 Å². The third-order valence-corrected chi connectivity index (χ3v) is 8.05. The molecule has 8 N–H and O–H groups in total. The van der Waals surface area contributed by atoms with E-state index in [9.17, 15) is 39.6 Å². The van der Waals surface area contributed by atoms with Crippen molar-refractivity contribution in [3.05, 3.63) is 88.9 Å². The molecule has 2 heterocycles. The van der Waals surface area contributed by atoms with Crippen LogP contribution in [0.4, 0.5) is 32.0 Å². The zero-order valence-electron chi connectivity index (χ0n) is 24.1. The summed E-state index contributed by atoms with van der Waals surface area (Å²) in [6.45, 7) is 1.81. The largest absolute Gasteiger partial charge is 0.490 e. The fourth-order valence-corrected chi connectivity index (χ4v) is 5.59. The second-order valence-corrected chi connectivity index (χ2v) is 12.1. The number of carboxylic acids is 2. The van der Waals surface area contributed by atoms with Crippen LogP contribution in [-0.2, 0) is 19.6 Å². The van der Waals surface area contributed by atoms with E-state index in [1.807, 2.05) is 6.92 Å². The number of carboxylic acid groups (broad SMARTS) is 2. The molecule has 4 rings (SSSR count). The van der Waals surface area contributed by atoms with E-state index in [-0.39, 0.29) is 16.0 Å². The van der Waals surface area contributed by atoms with E-state index in [2.05, 4.69) is 10.3 Å². The molecule has 12 nitrogen and oxygen atoms in total. The minimum Gasteiger partial charge on any atom is -0.475 e. The van der Waals surface area contributed by atoms with Gasteiger partial charge in [-0.25, -0.2) is 23.1 Å². The lowest BCUT2D eigenvalue weighted by atomic mass is 10.0. The Kier molecular flexibility index (Phi) is 12.5. The number of hydrogen-bond acceptors (Lipinski definition) is 8. The zero-order valence-corrected chi connectivity index (χ0v) is 25.7. The molecule has 48 heavy (non-hydrogen) atoms. The molecule has 0 spiro atoms. The molecule has 256 valence electrons. The zero-order chi connectivity index (χ0) is 36.6. The van der Waals surface area contributed by atoms with Gasteiger partial charge in [-0.3, -0.25) is 15.2 Å². The van der Waals surface area contributed by atoms with Crippen LogP contribution >= 0.6 is 11.3 Å². The van der Waals surface area contributed by atoms with Crippen LogP contribution in [-0.4, -0.2) is 59.6 Å². The molecular formula is C28H23F6N5O7S2. The number of benzene rings is 2. The average Bonchev–Trinajstić information content (AvgIpc) is 3.39. The van der Waals surface area contributed by atoms with Crippen LogP contribution in [0.3, 0.4) is 0 Å². The number of nitrogens with one attached hydrogen (secondary N) is 2. The molecule has 0 fully saturated rings. The van der Waals surface area contributed by atoms with Gasteiger partial charge in [0.15, 0.2) is 0 Å². The van der Waals surface area contributed by atoms with Crippen molar-refractivity contribution in [2.24, 2.45) is 10.9 Å². The number of carbonyl (C=O) groups excluding carboxylic acids is 1. The van der Waals surface area contributed by atoms with E-state index < -0.39 is 34.3 Å². The number of pyridine rings is 1. The van der Waals surface area contributed by atoms with Gasteiger partial charge in [0.2, 0.25) is 10.0 Å². The number of sulfonamides is 1. The number of nitrogens with two attached hydrogens (primary N) is 2. The Morgan fingerprint density at radius 3 is 1.90 bits per heavy atom. The molecule has 0 aliphatic rings. The van der Waals surface area contributed by atoms with E-state index in [4.69, 9.17) is 36.1 Å². The Labute approximate surface area is 271 Å². The number of anilines is 1. The summed E-state index contributed by atoms with van der Waals surface area (Å²) < 4.78 is 87.4. The van der Waals surface area contributed by atoms with E-state index in [0.717, 1.165) is 16.2 Å². The first-order valence-corrected chi connectivity index (χ1v) is 14.9. The van der Waals surface area contributed by atoms with E-state index in [1.165, 1.54) is 0 Å². The molecule has 0 bridgehead atoms. The fraction of sp³-hybridized carbons (Fsp3) is 0.107. The second kappa shape index (κ2) is 15.5. The van der Waals surface area contributed by atoms with Crippen LogP contribution in [0.5, 0.6) is 0 Å². The highest BCUT2D eigenvalue weighted by molar-refractivity contribution is 7.91. The molecule has 2 aromatic carbocycles. The molecule has 0 saturated carbocycles. The predicted octanol–water partition coefficient (Wildman–Crippen LogP) is 5.24. The van der Waals surface area contributed by atoms with Gasteiger partial charge in [0.05, 0.1) is 11.3 Å². The number of aromatic nitrogens is 1. The van der Waals surface area contributed by atoms with Crippen molar-refractivity contribution >= 4 is 50.7 Å². The number of aliphatic carboxylic acids is 2. The number of carbonyl (C=O) groups is 3. The maximum absolute atomic E-state index is 13.1. The van der Waals surface area contributed by atoms with E-state index in [1.54, 1.807) is 72.9 Å². The number of amides is 1. The smallest absolute Gasteiger partial charge is 0.475 e. The summed E-state index contributed by atoms with van der Waals surface area (Å²) in [4.78, 5) is 36.0. The highest BCUT2D eigenvalue weighted by atomic mass is 32.2. The molecule has 0 aliphatic carbocycles. The van der Waals surface area contributed by atoms with Crippen LogP contribution in [0, 0.1) is 12.3 Å². The lowest BCUT2D eigenvalue weighted by Crippen LogP contribution is -2.21. The third kappa shape index (κ3) is 11.2. The Hall–Kier alpha value is -5.34. The van der Waals surface area contributed by atoms with Gasteiger partial charge in [-0.1, -0.05) is 30.3 Å². The van der Waals surface area contributed by atoms with Crippen LogP contribution in [0.1, 0.15) is 20.8 Å². The maximum Gasteiger partial charge on any atom is 0.490 e. The number of halogens is 6. The average molecular weight is 720 g/mol. The standard InChI is InChI=1S/C24H21N5O3S2.2C2HF3O2/c1-14-12-20(24(33-14)34(27,31)32)15-7-9-18(10-8-15)29-23(30)19-6-3-11-28-21(19)16-4-2-5-17(13-16)22(25)26;2*3-2(4,5)1(6)7/h2-13H,1H3,(H3,25,26)(H,29,30)(H2,27,31,32);2*(H,6,7). The van der Waals surface area contributed by atoms with Crippen LogP contribution in [0.25, 0.3) is 22.4 Å². The number of aryl methyl sites for hydroxylation is 1. The van der Waals surface area contributed by atoms with Crippen molar-refractivity contribution in [2.45, 2.75) is 23.5 Å². The first kappa shape index (κ1) is 38.8. The summed E-state index contributed by atoms with van der Waals surface area (Å²) in [5, 5.41) is 30.1. The van der Waals surface area contributed by atoms with Crippen LogP contribution in [0.15, 0.2) is 77.1 Å². The minimum atomic E-state index is -5.08. The number of amidine groups is 1. The summed E-state index contributed by atoms with van der Waals surface area (Å²) in [7, 11) is -3.84. The molecule has 4 aromatic rings. The minimum absolute atomic E-state index is 0.0738. The highest BCUT2D eigenvalue weighted by Crippen LogP contribution is 2.35. The number of hydrogen-bond donors (Lipinski definition) is 6. The molecule has 0 atom stereocenters. The predicted molar refractivity (Wildman–Crippen MR) is 162 cm³/mol. The van der Waals surface area contributed by atoms with Crippen molar-refractivity contribution in [3.8, 4) is 22.4 Å². The van der Waals surface area contributed by atoms with Crippen molar-refractivity contribution in [2.75, 3.05) is 5.32 Å². The SMILES string of the molecule is Cc1cc(-c2ccc(NC(=O)c3cccnc3-c3cccc(C(=N)N)c3)cc2)c(S(N)(=O)=O)s1.O=C(O)C(F)(F)F.O=C(O)C(F)(F)F. The number of thiophene rings is 1. The summed E-state index contributed by atoms with van der Waals surface area (Å²) in [5.41, 5.74) is 9.35. The van der Waals surface area contributed by atoms with Crippen molar-refractivity contribution in [3.63, 3.8) is 0 Å². The quantitative estimate of drug-likeness (QED) is 0.0869. The monoisotopic (exact) mass is 719 g/mol. The molecule has 0 unspecified atom stereocenters. The summed E-state index contributed by atoms with van der Waals surface area (Å²) in [6, 6.07) is 18.9. The number of rotatable bonds is 6. The Bertz CT molecular complexity index is 1900. The Balaban J connectivity index is 0.000000479. The van der Waals surface area contributed by atoms with Gasteiger partial charge in [0.25, 0.3) is 5.91 Å². The van der Waals surface area contributed by atoms with Crippen LogP contribution in [0.2, 0.25) is 0 Å².